The van der Waals surface area contributed by atoms with Crippen molar-refractivity contribution in [2.24, 2.45) is 0 Å². The number of rotatable bonds is 9. The summed E-state index contributed by atoms with van der Waals surface area (Å²) >= 11 is 0. The van der Waals surface area contributed by atoms with Gasteiger partial charge in [0.25, 0.3) is 10.0 Å². The molecule has 0 saturated carbocycles. The maximum absolute atomic E-state index is 13.5. The summed E-state index contributed by atoms with van der Waals surface area (Å²) in [5.74, 6) is 0.193. The van der Waals surface area contributed by atoms with Gasteiger partial charge in [0.15, 0.2) is 0 Å². The third-order valence-electron chi connectivity index (χ3n) is 5.87. The first-order chi connectivity index (χ1) is 17.3. The van der Waals surface area contributed by atoms with Crippen LogP contribution in [0.2, 0.25) is 0 Å². The molecule has 3 aromatic carbocycles. The van der Waals surface area contributed by atoms with Gasteiger partial charge in [-0.1, -0.05) is 17.7 Å². The molecule has 0 aromatic heterocycles. The van der Waals surface area contributed by atoms with Crippen molar-refractivity contribution in [2.75, 3.05) is 34.2 Å². The Labute approximate surface area is 211 Å². The lowest BCUT2D eigenvalue weighted by molar-refractivity contribution is -0.117. The fourth-order valence-corrected chi connectivity index (χ4v) is 5.43. The van der Waals surface area contributed by atoms with Crippen molar-refractivity contribution >= 4 is 38.9 Å². The van der Waals surface area contributed by atoms with E-state index < -0.39 is 22.5 Å². The number of carbonyl (C=O) groups excluding carboxylic acids is 2. The number of hydrogen-bond acceptors (Lipinski definition) is 5. The van der Waals surface area contributed by atoms with E-state index in [2.05, 4.69) is 5.32 Å². The Hall–Kier alpha value is -3.85. The molecule has 1 fully saturated rings. The van der Waals surface area contributed by atoms with Gasteiger partial charge in [-0.25, -0.2) is 8.42 Å². The molecule has 188 valence electrons. The predicted molar refractivity (Wildman–Crippen MR) is 140 cm³/mol. The van der Waals surface area contributed by atoms with Crippen molar-refractivity contribution in [1.29, 1.82) is 0 Å². The number of amides is 2. The molecule has 2 amide bonds. The molecule has 0 atom stereocenters. The van der Waals surface area contributed by atoms with E-state index in [-0.39, 0.29) is 10.8 Å². The maximum Gasteiger partial charge on any atom is 0.264 e. The van der Waals surface area contributed by atoms with Crippen LogP contribution >= 0.6 is 0 Å². The van der Waals surface area contributed by atoms with Gasteiger partial charge in [0.2, 0.25) is 11.8 Å². The molecule has 0 aliphatic carbocycles. The van der Waals surface area contributed by atoms with Gasteiger partial charge in [-0.15, -0.1) is 0 Å². The molecule has 9 heteroatoms. The minimum atomic E-state index is -4.02. The molecule has 36 heavy (non-hydrogen) atoms. The molecule has 0 bridgehead atoms. The average molecular weight is 508 g/mol. The Bertz CT molecular complexity index is 1320. The quantitative estimate of drug-likeness (QED) is 0.464. The Morgan fingerprint density at radius 2 is 1.67 bits per heavy atom. The number of aryl methyl sites for hydroxylation is 1. The number of carbonyl (C=O) groups is 2. The normalized spacial score (nSPS) is 13.5. The fraction of sp³-hybridized carbons (Fsp3) is 0.259. The van der Waals surface area contributed by atoms with Crippen LogP contribution in [0, 0.1) is 6.92 Å². The van der Waals surface area contributed by atoms with Crippen molar-refractivity contribution in [2.45, 2.75) is 31.6 Å². The highest BCUT2D eigenvalue weighted by atomic mass is 32.2. The highest BCUT2D eigenvalue weighted by Gasteiger charge is 2.27. The number of anilines is 3. The van der Waals surface area contributed by atoms with Crippen molar-refractivity contribution in [1.82, 2.24) is 0 Å². The first-order valence-electron chi connectivity index (χ1n) is 11.8. The lowest BCUT2D eigenvalue weighted by Crippen LogP contribution is -2.38. The van der Waals surface area contributed by atoms with Gasteiger partial charge in [-0.05, 0) is 80.9 Å². The van der Waals surface area contributed by atoms with Gasteiger partial charge >= 0.3 is 0 Å². The minimum Gasteiger partial charge on any atom is -0.494 e. The number of nitrogens with zero attached hydrogens (tertiary/aromatic N) is 2. The van der Waals surface area contributed by atoms with E-state index in [9.17, 15) is 18.0 Å². The van der Waals surface area contributed by atoms with Crippen LogP contribution in [0.3, 0.4) is 0 Å². The number of ether oxygens (including phenoxy) is 1. The topological polar surface area (TPSA) is 96.0 Å². The molecule has 0 radical (unpaired) electrons. The Morgan fingerprint density at radius 1 is 1.00 bits per heavy atom. The van der Waals surface area contributed by atoms with E-state index in [1.165, 1.54) is 12.1 Å². The van der Waals surface area contributed by atoms with Crippen LogP contribution in [0.25, 0.3) is 0 Å². The Balaban J connectivity index is 1.56. The van der Waals surface area contributed by atoms with Crippen molar-refractivity contribution in [3.05, 3.63) is 78.4 Å². The highest BCUT2D eigenvalue weighted by molar-refractivity contribution is 7.92. The molecular formula is C27H29N3O5S. The number of nitrogens with one attached hydrogen (secondary N) is 1. The summed E-state index contributed by atoms with van der Waals surface area (Å²) in [6.45, 7) is 4.48. The van der Waals surface area contributed by atoms with E-state index in [0.717, 1.165) is 22.0 Å². The summed E-state index contributed by atoms with van der Waals surface area (Å²) in [6, 6.07) is 20.0. The van der Waals surface area contributed by atoms with E-state index in [0.29, 0.717) is 36.7 Å². The number of hydrogen-bond donors (Lipinski definition) is 1. The fourth-order valence-electron chi connectivity index (χ4n) is 4.00. The maximum atomic E-state index is 13.5. The van der Waals surface area contributed by atoms with E-state index >= 15 is 0 Å². The molecule has 1 aliphatic rings. The molecule has 1 heterocycles. The molecule has 8 nitrogen and oxygen atoms in total. The zero-order valence-electron chi connectivity index (χ0n) is 20.3. The van der Waals surface area contributed by atoms with E-state index in [4.69, 9.17) is 4.74 Å². The van der Waals surface area contributed by atoms with Gasteiger partial charge in [-0.3, -0.25) is 13.9 Å². The largest absolute Gasteiger partial charge is 0.494 e. The molecule has 0 unspecified atom stereocenters. The molecule has 0 spiro atoms. The van der Waals surface area contributed by atoms with Crippen molar-refractivity contribution in [3.63, 3.8) is 0 Å². The Morgan fingerprint density at radius 3 is 2.25 bits per heavy atom. The van der Waals surface area contributed by atoms with Crippen LogP contribution in [-0.2, 0) is 19.6 Å². The third-order valence-corrected chi connectivity index (χ3v) is 7.66. The lowest BCUT2D eigenvalue weighted by atomic mass is 10.2. The second-order valence-corrected chi connectivity index (χ2v) is 10.4. The van der Waals surface area contributed by atoms with E-state index in [1.807, 2.05) is 13.8 Å². The van der Waals surface area contributed by atoms with Gasteiger partial charge in [-0.2, -0.15) is 0 Å². The average Bonchev–Trinajstić information content (AvgIpc) is 3.30. The van der Waals surface area contributed by atoms with Crippen LogP contribution in [-0.4, -0.2) is 39.9 Å². The van der Waals surface area contributed by atoms with Crippen LogP contribution in [0.4, 0.5) is 17.1 Å². The van der Waals surface area contributed by atoms with Gasteiger partial charge in [0, 0.05) is 24.3 Å². The summed E-state index contributed by atoms with van der Waals surface area (Å²) in [5, 5.41) is 2.76. The second-order valence-electron chi connectivity index (χ2n) is 8.50. The molecule has 1 aliphatic heterocycles. The second kappa shape index (κ2) is 10.8. The number of benzene rings is 3. The zero-order chi connectivity index (χ0) is 25.7. The first kappa shape index (κ1) is 25.2. The van der Waals surface area contributed by atoms with Crippen LogP contribution in [0.15, 0.2) is 77.7 Å². The monoisotopic (exact) mass is 507 g/mol. The first-order valence-corrected chi connectivity index (χ1v) is 13.2. The molecule has 1 saturated heterocycles. The molecular weight excluding hydrogens is 478 g/mol. The standard InChI is InChI=1S/C27H29N3O5S/c1-3-35-24-14-12-23(13-15-24)30(36(33,34)25-16-6-20(2)7-17-25)19-26(31)28-21-8-10-22(11-9-21)29-18-4-5-27(29)32/h6-17H,3-5,18-19H2,1-2H3,(H,28,31). The summed E-state index contributed by atoms with van der Waals surface area (Å²) in [4.78, 5) is 26.8. The SMILES string of the molecule is CCOc1ccc(N(CC(=O)Nc2ccc(N3CCCC3=O)cc2)S(=O)(=O)c2ccc(C)cc2)cc1. The smallest absolute Gasteiger partial charge is 0.264 e. The predicted octanol–water partition coefficient (Wildman–Crippen LogP) is 4.35. The number of sulfonamides is 1. The van der Waals surface area contributed by atoms with Gasteiger partial charge in [0.05, 0.1) is 17.2 Å². The summed E-state index contributed by atoms with van der Waals surface area (Å²) < 4.78 is 33.6. The van der Waals surface area contributed by atoms with Crippen LogP contribution < -0.4 is 19.3 Å². The van der Waals surface area contributed by atoms with Crippen LogP contribution in [0.5, 0.6) is 5.75 Å². The molecule has 3 aromatic rings. The van der Waals surface area contributed by atoms with Crippen molar-refractivity contribution < 1.29 is 22.7 Å². The minimum absolute atomic E-state index is 0.0825. The zero-order valence-corrected chi connectivity index (χ0v) is 21.1. The van der Waals surface area contributed by atoms with E-state index in [1.54, 1.807) is 65.6 Å². The van der Waals surface area contributed by atoms with Gasteiger partial charge < -0.3 is 15.0 Å². The summed E-state index contributed by atoms with van der Waals surface area (Å²) in [7, 11) is -4.02. The Kier molecular flexibility index (Phi) is 7.59. The van der Waals surface area contributed by atoms with Crippen molar-refractivity contribution in [3.8, 4) is 5.75 Å². The third kappa shape index (κ3) is 5.68. The lowest BCUT2D eigenvalue weighted by Gasteiger charge is -2.24. The highest BCUT2D eigenvalue weighted by Crippen LogP contribution is 2.27. The van der Waals surface area contributed by atoms with Crippen LogP contribution in [0.1, 0.15) is 25.3 Å². The van der Waals surface area contributed by atoms with Gasteiger partial charge in [0.1, 0.15) is 12.3 Å². The molecule has 1 N–H and O–H groups in total. The summed E-state index contributed by atoms with van der Waals surface area (Å²) in [5.41, 5.74) is 2.55. The summed E-state index contributed by atoms with van der Waals surface area (Å²) in [6.07, 6.45) is 1.36. The molecule has 4 rings (SSSR count).